The maximum absolute atomic E-state index is 13.4. The van der Waals surface area contributed by atoms with E-state index >= 15 is 0 Å². The Labute approximate surface area is 113 Å². The van der Waals surface area contributed by atoms with E-state index in [4.69, 9.17) is 4.42 Å². The zero-order valence-electron chi connectivity index (χ0n) is 11.2. The summed E-state index contributed by atoms with van der Waals surface area (Å²) < 4.78 is 18.5. The number of halogens is 1. The van der Waals surface area contributed by atoms with Gasteiger partial charge < -0.3 is 9.73 Å². The van der Waals surface area contributed by atoms with Crippen molar-refractivity contribution >= 4 is 0 Å². The molecule has 3 heteroatoms. The molecule has 0 amide bonds. The van der Waals surface area contributed by atoms with Crippen LogP contribution >= 0.6 is 0 Å². The Morgan fingerprint density at radius 3 is 2.89 bits per heavy atom. The van der Waals surface area contributed by atoms with Crippen molar-refractivity contribution in [2.45, 2.75) is 25.7 Å². The first-order valence-corrected chi connectivity index (χ1v) is 6.77. The summed E-state index contributed by atoms with van der Waals surface area (Å²) in [5, 5.41) is 3.41. The van der Waals surface area contributed by atoms with Gasteiger partial charge in [-0.25, -0.2) is 4.39 Å². The number of furan rings is 1. The Bertz CT molecular complexity index is 481. The fraction of sp³-hybridized carbons (Fsp3) is 0.375. The van der Waals surface area contributed by atoms with Gasteiger partial charge >= 0.3 is 0 Å². The molecule has 102 valence electrons. The maximum atomic E-state index is 13.4. The first-order valence-electron chi connectivity index (χ1n) is 6.77. The van der Waals surface area contributed by atoms with Gasteiger partial charge in [0.2, 0.25) is 0 Å². The molecule has 0 saturated heterocycles. The molecule has 0 saturated carbocycles. The summed E-state index contributed by atoms with van der Waals surface area (Å²) in [7, 11) is 0. The van der Waals surface area contributed by atoms with Crippen molar-refractivity contribution in [3.8, 4) is 0 Å². The van der Waals surface area contributed by atoms with E-state index in [2.05, 4.69) is 12.2 Å². The lowest BCUT2D eigenvalue weighted by molar-refractivity contribution is 0.549. The first kappa shape index (κ1) is 13.8. The molecule has 0 aliphatic heterocycles. The van der Waals surface area contributed by atoms with Crippen molar-refractivity contribution in [3.05, 3.63) is 59.8 Å². The third kappa shape index (κ3) is 4.21. The molecule has 1 unspecified atom stereocenters. The first-order chi connectivity index (χ1) is 9.29. The van der Waals surface area contributed by atoms with Crippen LogP contribution in [0.3, 0.4) is 0 Å². The van der Waals surface area contributed by atoms with Gasteiger partial charge in [-0.15, -0.1) is 0 Å². The average Bonchev–Trinajstić information content (AvgIpc) is 2.91. The lowest BCUT2D eigenvalue weighted by Gasteiger charge is -2.17. The fourth-order valence-electron chi connectivity index (χ4n) is 2.21. The minimum atomic E-state index is -0.176. The van der Waals surface area contributed by atoms with Gasteiger partial charge in [-0.3, -0.25) is 0 Å². The second kappa shape index (κ2) is 7.10. The van der Waals surface area contributed by atoms with Gasteiger partial charge in [0, 0.05) is 12.5 Å². The molecule has 0 aliphatic rings. The van der Waals surface area contributed by atoms with E-state index in [-0.39, 0.29) is 11.7 Å². The van der Waals surface area contributed by atoms with Crippen molar-refractivity contribution in [1.29, 1.82) is 0 Å². The van der Waals surface area contributed by atoms with Crippen LogP contribution in [0, 0.1) is 5.82 Å². The van der Waals surface area contributed by atoms with E-state index in [0.29, 0.717) is 0 Å². The second-order valence-electron chi connectivity index (χ2n) is 4.79. The van der Waals surface area contributed by atoms with Crippen LogP contribution < -0.4 is 5.32 Å². The molecule has 1 aromatic carbocycles. The molecule has 1 heterocycles. The van der Waals surface area contributed by atoms with Crippen LogP contribution in [-0.2, 0) is 6.42 Å². The Balaban J connectivity index is 2.08. The van der Waals surface area contributed by atoms with Crippen LogP contribution in [0.2, 0.25) is 0 Å². The summed E-state index contributed by atoms with van der Waals surface area (Å²) in [5.74, 6) is 0.0880. The van der Waals surface area contributed by atoms with Crippen LogP contribution in [0.1, 0.15) is 30.4 Å². The predicted molar refractivity (Wildman–Crippen MR) is 74.7 cm³/mol. The van der Waals surface area contributed by atoms with Crippen LogP contribution in [0.25, 0.3) is 0 Å². The topological polar surface area (TPSA) is 25.2 Å². The number of hydrogen-bond donors (Lipinski definition) is 1. The second-order valence-corrected chi connectivity index (χ2v) is 4.79. The van der Waals surface area contributed by atoms with Crippen molar-refractivity contribution in [1.82, 2.24) is 5.32 Å². The lowest BCUT2D eigenvalue weighted by atomic mass is 9.93. The standard InChI is InChI=1S/C16H20FNO/c1-2-7-18-11-15(9-13-6-8-19-12-13)14-4-3-5-16(17)10-14/h3-6,8,10,12,15,18H,2,7,9,11H2,1H3. The maximum Gasteiger partial charge on any atom is 0.123 e. The molecule has 2 aromatic rings. The zero-order valence-corrected chi connectivity index (χ0v) is 11.2. The number of rotatable bonds is 7. The number of benzene rings is 1. The largest absolute Gasteiger partial charge is 0.472 e. The monoisotopic (exact) mass is 261 g/mol. The Kier molecular flexibility index (Phi) is 5.16. The molecule has 1 N–H and O–H groups in total. The van der Waals surface area contributed by atoms with Crippen LogP contribution in [0.15, 0.2) is 47.3 Å². The minimum absolute atomic E-state index is 0.176. The molecule has 19 heavy (non-hydrogen) atoms. The van der Waals surface area contributed by atoms with Crippen molar-refractivity contribution in [2.75, 3.05) is 13.1 Å². The third-order valence-corrected chi connectivity index (χ3v) is 3.20. The van der Waals surface area contributed by atoms with Gasteiger partial charge in [0.05, 0.1) is 12.5 Å². The van der Waals surface area contributed by atoms with Crippen LogP contribution in [0.5, 0.6) is 0 Å². The van der Waals surface area contributed by atoms with Gasteiger partial charge in [0.15, 0.2) is 0 Å². The average molecular weight is 261 g/mol. The molecule has 2 rings (SSSR count). The Morgan fingerprint density at radius 2 is 2.21 bits per heavy atom. The number of hydrogen-bond acceptors (Lipinski definition) is 2. The van der Waals surface area contributed by atoms with E-state index in [1.807, 2.05) is 12.1 Å². The van der Waals surface area contributed by atoms with Gasteiger partial charge in [0.25, 0.3) is 0 Å². The van der Waals surface area contributed by atoms with Crippen molar-refractivity contribution in [2.24, 2.45) is 0 Å². The third-order valence-electron chi connectivity index (χ3n) is 3.20. The minimum Gasteiger partial charge on any atom is -0.472 e. The fourth-order valence-corrected chi connectivity index (χ4v) is 2.21. The van der Waals surface area contributed by atoms with Gasteiger partial charge in [0.1, 0.15) is 5.82 Å². The zero-order chi connectivity index (χ0) is 13.5. The Hall–Kier alpha value is -1.61. The van der Waals surface area contributed by atoms with Gasteiger partial charge in [-0.05, 0) is 48.7 Å². The molecule has 2 nitrogen and oxygen atoms in total. The Morgan fingerprint density at radius 1 is 1.32 bits per heavy atom. The molecule has 0 radical (unpaired) electrons. The van der Waals surface area contributed by atoms with Crippen molar-refractivity contribution in [3.63, 3.8) is 0 Å². The predicted octanol–water partition coefficient (Wildman–Crippen LogP) is 3.74. The summed E-state index contributed by atoms with van der Waals surface area (Å²) >= 11 is 0. The van der Waals surface area contributed by atoms with E-state index < -0.39 is 0 Å². The molecule has 0 aliphatic carbocycles. The highest BCUT2D eigenvalue weighted by Gasteiger charge is 2.13. The molecule has 0 fully saturated rings. The van der Waals surface area contributed by atoms with E-state index in [9.17, 15) is 4.39 Å². The summed E-state index contributed by atoms with van der Waals surface area (Å²) in [4.78, 5) is 0. The van der Waals surface area contributed by atoms with E-state index in [0.717, 1.165) is 37.1 Å². The number of nitrogens with one attached hydrogen (secondary N) is 1. The van der Waals surface area contributed by atoms with Crippen molar-refractivity contribution < 1.29 is 8.81 Å². The molecule has 0 bridgehead atoms. The summed E-state index contributed by atoms with van der Waals surface area (Å²) in [5.41, 5.74) is 2.18. The SMILES string of the molecule is CCCNCC(Cc1ccoc1)c1cccc(F)c1. The normalized spacial score (nSPS) is 12.5. The van der Waals surface area contributed by atoms with Crippen LogP contribution in [0.4, 0.5) is 4.39 Å². The quantitative estimate of drug-likeness (QED) is 0.768. The van der Waals surface area contributed by atoms with Crippen LogP contribution in [-0.4, -0.2) is 13.1 Å². The highest BCUT2D eigenvalue weighted by molar-refractivity contribution is 5.24. The van der Waals surface area contributed by atoms with Gasteiger partial charge in [-0.1, -0.05) is 19.1 Å². The van der Waals surface area contributed by atoms with Gasteiger partial charge in [-0.2, -0.15) is 0 Å². The smallest absolute Gasteiger partial charge is 0.123 e. The molecular formula is C16H20FNO. The van der Waals surface area contributed by atoms with E-state index in [1.54, 1.807) is 24.7 Å². The molecular weight excluding hydrogens is 241 g/mol. The van der Waals surface area contributed by atoms with E-state index in [1.165, 1.54) is 6.07 Å². The molecule has 0 spiro atoms. The lowest BCUT2D eigenvalue weighted by Crippen LogP contribution is -2.23. The summed E-state index contributed by atoms with van der Waals surface area (Å²) in [6, 6.07) is 8.83. The molecule has 1 aromatic heterocycles. The summed E-state index contributed by atoms with van der Waals surface area (Å²) in [6.45, 7) is 3.97. The molecule has 1 atom stereocenters. The highest BCUT2D eigenvalue weighted by Crippen LogP contribution is 2.21. The highest BCUT2D eigenvalue weighted by atomic mass is 19.1. The summed E-state index contributed by atoms with van der Waals surface area (Å²) in [6.07, 6.45) is 5.39.